The fourth-order valence-corrected chi connectivity index (χ4v) is 2.41. The van der Waals surface area contributed by atoms with Gasteiger partial charge in [-0.15, -0.1) is 0 Å². The van der Waals surface area contributed by atoms with Gasteiger partial charge in [0.1, 0.15) is 0 Å². The summed E-state index contributed by atoms with van der Waals surface area (Å²) in [5.74, 6) is 1.50. The van der Waals surface area contributed by atoms with Gasteiger partial charge in [0.15, 0.2) is 0 Å². The van der Waals surface area contributed by atoms with Gasteiger partial charge in [-0.2, -0.15) is 0 Å². The van der Waals surface area contributed by atoms with Crippen LogP contribution in [0.15, 0.2) is 24.3 Å². The van der Waals surface area contributed by atoms with E-state index in [1.165, 1.54) is 27.7 Å². The van der Waals surface area contributed by atoms with Crippen molar-refractivity contribution in [1.29, 1.82) is 0 Å². The van der Waals surface area contributed by atoms with E-state index in [0.29, 0.717) is 17.8 Å². The Labute approximate surface area is 117 Å². The third-order valence-electron chi connectivity index (χ3n) is 3.71. The van der Waals surface area contributed by atoms with Crippen LogP contribution in [0, 0.1) is 0 Å². The van der Waals surface area contributed by atoms with Crippen molar-refractivity contribution in [1.82, 2.24) is 4.98 Å². The molecule has 0 saturated heterocycles. The molecule has 2 aromatic rings. The SMILES string of the molecule is CC(C)c1ccc2cc(C(C)C)nc(C(C)C)c2c1. The first-order valence-electron chi connectivity index (χ1n) is 7.34. The smallest absolute Gasteiger partial charge is 0.0510 e. The lowest BCUT2D eigenvalue weighted by Crippen LogP contribution is -2.01. The van der Waals surface area contributed by atoms with E-state index in [1.54, 1.807) is 0 Å². The predicted molar refractivity (Wildman–Crippen MR) is 84.0 cm³/mol. The van der Waals surface area contributed by atoms with Crippen molar-refractivity contribution in [2.45, 2.75) is 59.3 Å². The molecule has 0 aliphatic heterocycles. The van der Waals surface area contributed by atoms with Crippen molar-refractivity contribution in [3.05, 3.63) is 41.2 Å². The molecule has 1 aromatic carbocycles. The van der Waals surface area contributed by atoms with Crippen molar-refractivity contribution < 1.29 is 0 Å². The van der Waals surface area contributed by atoms with Crippen molar-refractivity contribution >= 4 is 10.8 Å². The van der Waals surface area contributed by atoms with Crippen LogP contribution in [0.5, 0.6) is 0 Å². The van der Waals surface area contributed by atoms with Crippen molar-refractivity contribution in [2.24, 2.45) is 0 Å². The highest BCUT2D eigenvalue weighted by Crippen LogP contribution is 2.29. The second-order valence-electron chi connectivity index (χ2n) is 6.38. The highest BCUT2D eigenvalue weighted by molar-refractivity contribution is 5.86. The van der Waals surface area contributed by atoms with E-state index in [4.69, 9.17) is 4.98 Å². The molecule has 0 fully saturated rings. The highest BCUT2D eigenvalue weighted by Gasteiger charge is 2.12. The van der Waals surface area contributed by atoms with Gasteiger partial charge >= 0.3 is 0 Å². The zero-order chi connectivity index (χ0) is 14.2. The van der Waals surface area contributed by atoms with Crippen LogP contribution in [-0.4, -0.2) is 4.98 Å². The number of hydrogen-bond donors (Lipinski definition) is 0. The van der Waals surface area contributed by atoms with Crippen LogP contribution >= 0.6 is 0 Å². The van der Waals surface area contributed by atoms with Crippen LogP contribution < -0.4 is 0 Å². The molecule has 0 saturated carbocycles. The molecular formula is C18H25N. The van der Waals surface area contributed by atoms with E-state index in [-0.39, 0.29) is 0 Å². The summed E-state index contributed by atoms with van der Waals surface area (Å²) in [6, 6.07) is 9.08. The number of nitrogens with zero attached hydrogens (tertiary/aromatic N) is 1. The van der Waals surface area contributed by atoms with Gasteiger partial charge in [0, 0.05) is 11.1 Å². The maximum Gasteiger partial charge on any atom is 0.0510 e. The Balaban J connectivity index is 2.72. The van der Waals surface area contributed by atoms with Gasteiger partial charge in [-0.3, -0.25) is 4.98 Å². The first kappa shape index (κ1) is 14.0. The highest BCUT2D eigenvalue weighted by atomic mass is 14.7. The van der Waals surface area contributed by atoms with Gasteiger partial charge < -0.3 is 0 Å². The molecule has 0 amide bonds. The topological polar surface area (TPSA) is 12.9 Å². The van der Waals surface area contributed by atoms with Crippen molar-refractivity contribution in [3.8, 4) is 0 Å². The van der Waals surface area contributed by atoms with E-state index in [2.05, 4.69) is 65.8 Å². The average molecular weight is 255 g/mol. The number of rotatable bonds is 3. The second-order valence-corrected chi connectivity index (χ2v) is 6.38. The first-order valence-corrected chi connectivity index (χ1v) is 7.34. The minimum absolute atomic E-state index is 0.462. The quantitative estimate of drug-likeness (QED) is 0.695. The summed E-state index contributed by atoms with van der Waals surface area (Å²) in [5.41, 5.74) is 3.84. The summed E-state index contributed by atoms with van der Waals surface area (Å²) in [6.45, 7) is 13.4. The molecule has 1 nitrogen and oxygen atoms in total. The summed E-state index contributed by atoms with van der Waals surface area (Å²) >= 11 is 0. The minimum Gasteiger partial charge on any atom is -0.257 e. The molecule has 19 heavy (non-hydrogen) atoms. The van der Waals surface area contributed by atoms with Crippen molar-refractivity contribution in [3.63, 3.8) is 0 Å². The maximum atomic E-state index is 4.90. The van der Waals surface area contributed by atoms with E-state index >= 15 is 0 Å². The molecule has 0 spiro atoms. The molecule has 1 heterocycles. The maximum absolute atomic E-state index is 4.90. The van der Waals surface area contributed by atoms with Gasteiger partial charge in [0.2, 0.25) is 0 Å². The third-order valence-corrected chi connectivity index (χ3v) is 3.71. The Kier molecular flexibility index (Phi) is 3.93. The molecule has 102 valence electrons. The predicted octanol–water partition coefficient (Wildman–Crippen LogP) is 5.61. The summed E-state index contributed by atoms with van der Waals surface area (Å²) in [4.78, 5) is 4.90. The molecule has 0 bridgehead atoms. The van der Waals surface area contributed by atoms with Gasteiger partial charge in [0.05, 0.1) is 5.69 Å². The molecule has 0 unspecified atom stereocenters. The number of aromatic nitrogens is 1. The zero-order valence-corrected chi connectivity index (χ0v) is 13.0. The molecule has 1 heteroatoms. The molecule has 0 N–H and O–H groups in total. The lowest BCUT2D eigenvalue weighted by Gasteiger charge is -2.15. The number of fused-ring (bicyclic) bond motifs is 1. The number of benzene rings is 1. The Morgan fingerprint density at radius 2 is 1.47 bits per heavy atom. The van der Waals surface area contributed by atoms with Gasteiger partial charge in [-0.1, -0.05) is 53.7 Å². The molecule has 0 radical (unpaired) electrons. The monoisotopic (exact) mass is 255 g/mol. The molecule has 0 aliphatic rings. The zero-order valence-electron chi connectivity index (χ0n) is 13.0. The average Bonchev–Trinajstić information content (AvgIpc) is 2.36. The van der Waals surface area contributed by atoms with E-state index in [1.807, 2.05) is 0 Å². The lowest BCUT2D eigenvalue weighted by molar-refractivity contribution is 0.774. The fourth-order valence-electron chi connectivity index (χ4n) is 2.41. The van der Waals surface area contributed by atoms with Crippen LogP contribution in [0.2, 0.25) is 0 Å². The molecule has 0 atom stereocenters. The summed E-state index contributed by atoms with van der Waals surface area (Å²) in [5, 5.41) is 2.65. The van der Waals surface area contributed by atoms with Crippen LogP contribution in [0.3, 0.4) is 0 Å². The van der Waals surface area contributed by atoms with E-state index in [9.17, 15) is 0 Å². The lowest BCUT2D eigenvalue weighted by atomic mass is 9.94. The molecule has 1 aromatic heterocycles. The van der Waals surface area contributed by atoms with Crippen LogP contribution in [-0.2, 0) is 0 Å². The standard InChI is InChI=1S/C18H25N/c1-11(2)14-7-8-15-10-17(12(3)4)19-18(13(5)6)16(15)9-14/h7-13H,1-6H3. The van der Waals surface area contributed by atoms with Gasteiger partial charge in [-0.25, -0.2) is 0 Å². The number of hydrogen-bond acceptors (Lipinski definition) is 1. The van der Waals surface area contributed by atoms with Gasteiger partial charge in [0.25, 0.3) is 0 Å². The van der Waals surface area contributed by atoms with Crippen LogP contribution in [0.1, 0.15) is 76.2 Å². The fraction of sp³-hybridized carbons (Fsp3) is 0.500. The third kappa shape index (κ3) is 2.80. The van der Waals surface area contributed by atoms with Crippen LogP contribution in [0.4, 0.5) is 0 Å². The van der Waals surface area contributed by atoms with Crippen LogP contribution in [0.25, 0.3) is 10.8 Å². The molecular weight excluding hydrogens is 230 g/mol. The summed E-state index contributed by atoms with van der Waals surface area (Å²) < 4.78 is 0. The van der Waals surface area contributed by atoms with Gasteiger partial charge in [-0.05, 0) is 40.8 Å². The Hall–Kier alpha value is -1.37. The van der Waals surface area contributed by atoms with Crippen molar-refractivity contribution in [2.75, 3.05) is 0 Å². The Morgan fingerprint density at radius 1 is 0.789 bits per heavy atom. The minimum atomic E-state index is 0.462. The number of pyridine rings is 1. The normalized spacial score (nSPS) is 12.1. The molecule has 0 aliphatic carbocycles. The largest absolute Gasteiger partial charge is 0.257 e. The second kappa shape index (κ2) is 5.32. The van der Waals surface area contributed by atoms with E-state index in [0.717, 1.165) is 0 Å². The Bertz CT molecular complexity index is 580. The summed E-state index contributed by atoms with van der Waals surface area (Å²) in [6.07, 6.45) is 0. The summed E-state index contributed by atoms with van der Waals surface area (Å²) in [7, 11) is 0. The molecule has 2 rings (SSSR count). The van der Waals surface area contributed by atoms with E-state index < -0.39 is 0 Å². The Morgan fingerprint density at radius 3 is 2.00 bits per heavy atom. The first-order chi connectivity index (χ1) is 8.90.